The van der Waals surface area contributed by atoms with Crippen molar-refractivity contribution >= 4 is 44.0 Å². The van der Waals surface area contributed by atoms with Gasteiger partial charge in [-0.1, -0.05) is 23.7 Å². The van der Waals surface area contributed by atoms with Gasteiger partial charge in [0.1, 0.15) is 10.7 Å². The van der Waals surface area contributed by atoms with Crippen LogP contribution in [0, 0.1) is 0 Å². The van der Waals surface area contributed by atoms with Gasteiger partial charge in [0.15, 0.2) is 0 Å². The number of hydrogen-bond donors (Lipinski definition) is 1. The van der Waals surface area contributed by atoms with Gasteiger partial charge in [-0.25, -0.2) is 8.42 Å². The second kappa shape index (κ2) is 5.57. The van der Waals surface area contributed by atoms with Gasteiger partial charge in [-0.15, -0.1) is 0 Å². The van der Waals surface area contributed by atoms with Crippen molar-refractivity contribution in [2.45, 2.75) is 19.4 Å². The summed E-state index contributed by atoms with van der Waals surface area (Å²) in [7, 11) is -2.38. The number of nitrogens with one attached hydrogen (secondary N) is 1. The Morgan fingerprint density at radius 2 is 2.05 bits per heavy atom. The maximum atomic E-state index is 12.4. The molecule has 1 aromatic carbocycles. The molecule has 0 radical (unpaired) electrons. The van der Waals surface area contributed by atoms with Crippen molar-refractivity contribution in [3.8, 4) is 0 Å². The number of halogens is 1. The Bertz CT molecular complexity index is 725. The van der Waals surface area contributed by atoms with E-state index in [9.17, 15) is 8.42 Å². The Kier molecular flexibility index (Phi) is 4.30. The van der Waals surface area contributed by atoms with Gasteiger partial charge in [0.2, 0.25) is 10.0 Å². The second-order valence-corrected chi connectivity index (χ2v) is 7.34. The third kappa shape index (κ3) is 3.21. The molecule has 2 rings (SSSR count). The highest BCUT2D eigenvalue weighted by atomic mass is 35.5. The Morgan fingerprint density at radius 1 is 1.38 bits per heavy atom. The van der Waals surface area contributed by atoms with Crippen LogP contribution in [0.5, 0.6) is 0 Å². The summed E-state index contributed by atoms with van der Waals surface area (Å²) in [6.45, 7) is 3.35. The molecule has 0 fully saturated rings. The molecule has 1 aliphatic rings. The van der Waals surface area contributed by atoms with Gasteiger partial charge in [-0.3, -0.25) is 0 Å². The third-order valence-electron chi connectivity index (χ3n) is 2.87. The molecule has 0 atom stereocenters. The molecule has 21 heavy (non-hydrogen) atoms. The maximum absolute atomic E-state index is 12.4. The molecule has 1 aromatic rings. The van der Waals surface area contributed by atoms with Crippen LogP contribution in [0.25, 0.3) is 4.91 Å². The van der Waals surface area contributed by atoms with E-state index in [2.05, 4.69) is 4.72 Å². The van der Waals surface area contributed by atoms with E-state index < -0.39 is 15.6 Å². The number of sulfonamides is 1. The highest BCUT2D eigenvalue weighted by molar-refractivity contribution is 7.99. The Labute approximate surface area is 133 Å². The lowest BCUT2D eigenvalue weighted by Gasteiger charge is -2.20. The first-order valence-electron chi connectivity index (χ1n) is 5.98. The molecule has 1 aliphatic heterocycles. The molecule has 0 aliphatic carbocycles. The molecule has 5 nitrogen and oxygen atoms in total. The minimum Gasteiger partial charge on any atom is -0.460 e. The number of thiocarbonyl (C=S) groups is 1. The smallest absolute Gasteiger partial charge is 0.357 e. The minimum absolute atomic E-state index is 0.00870. The fraction of sp³-hybridized carbons (Fsp3) is 0.308. The van der Waals surface area contributed by atoms with Crippen molar-refractivity contribution in [3.05, 3.63) is 40.6 Å². The summed E-state index contributed by atoms with van der Waals surface area (Å²) in [5.41, 5.74) is -0.520. The van der Waals surface area contributed by atoms with Gasteiger partial charge in [-0.05, 0) is 31.5 Å². The maximum Gasteiger partial charge on any atom is 0.357 e. The molecule has 1 N–H and O–H groups in total. The summed E-state index contributed by atoms with van der Waals surface area (Å²) >= 11 is 10.8. The van der Waals surface area contributed by atoms with Gasteiger partial charge >= 0.3 is 5.24 Å². The lowest BCUT2D eigenvalue weighted by molar-refractivity contribution is 0.235. The second-order valence-electron chi connectivity index (χ2n) is 4.96. The number of methoxy groups -OCH3 is 1. The van der Waals surface area contributed by atoms with Gasteiger partial charge in [0.05, 0.1) is 12.6 Å². The zero-order valence-corrected chi connectivity index (χ0v) is 14.0. The fourth-order valence-corrected chi connectivity index (χ4v) is 4.17. The SMILES string of the molecule is COC(=S)OC1=C(c2cccc(Cl)c2)S(=O)(=O)NC1(C)C. The monoisotopic (exact) mass is 347 g/mol. The standard InChI is InChI=1S/C13H14ClNO4S2/c1-13(2)11(19-12(20)18-3)10(21(16,17)15-13)8-5-4-6-9(14)7-8/h4-7,15H,1-3H3. The van der Waals surface area contributed by atoms with Crippen molar-refractivity contribution in [3.63, 3.8) is 0 Å². The topological polar surface area (TPSA) is 64.6 Å². The Morgan fingerprint density at radius 3 is 2.62 bits per heavy atom. The van der Waals surface area contributed by atoms with Crippen LogP contribution in [0.15, 0.2) is 30.0 Å². The van der Waals surface area contributed by atoms with Crippen LogP contribution in [-0.4, -0.2) is 26.3 Å². The molecule has 1 heterocycles. The third-order valence-corrected chi connectivity index (χ3v) is 5.09. The molecule has 0 saturated carbocycles. The molecule has 0 aromatic heterocycles. The van der Waals surface area contributed by atoms with Crippen LogP contribution < -0.4 is 4.72 Å². The van der Waals surface area contributed by atoms with E-state index in [0.717, 1.165) is 0 Å². The Balaban J connectivity index is 2.68. The van der Waals surface area contributed by atoms with Crippen molar-refractivity contribution in [2.75, 3.05) is 7.11 Å². The molecule has 114 valence electrons. The van der Waals surface area contributed by atoms with Crippen molar-refractivity contribution in [1.82, 2.24) is 4.72 Å². The summed E-state index contributed by atoms with van der Waals surface area (Å²) in [6, 6.07) is 6.52. The normalized spacial score (nSPS) is 19.4. The van der Waals surface area contributed by atoms with Crippen LogP contribution >= 0.6 is 23.8 Å². The van der Waals surface area contributed by atoms with Crippen LogP contribution in [0.1, 0.15) is 19.4 Å². The summed E-state index contributed by atoms with van der Waals surface area (Å²) < 4.78 is 37.5. The fourth-order valence-electron chi connectivity index (χ4n) is 2.05. The average Bonchev–Trinajstić information content (AvgIpc) is 2.54. The average molecular weight is 348 g/mol. The molecule has 0 spiro atoms. The van der Waals surface area contributed by atoms with Gasteiger partial charge in [-0.2, -0.15) is 4.72 Å². The molecular formula is C13H14ClNO4S2. The molecule has 0 bridgehead atoms. The van der Waals surface area contributed by atoms with E-state index in [1.54, 1.807) is 38.1 Å². The lowest BCUT2D eigenvalue weighted by Crippen LogP contribution is -2.39. The first-order chi connectivity index (χ1) is 9.67. The first kappa shape index (κ1) is 16.2. The minimum atomic E-state index is -3.74. The molecule has 0 amide bonds. The summed E-state index contributed by atoms with van der Waals surface area (Å²) in [4.78, 5) is 0.00870. The van der Waals surface area contributed by atoms with Crippen molar-refractivity contribution in [2.24, 2.45) is 0 Å². The van der Waals surface area contributed by atoms with Crippen molar-refractivity contribution < 1.29 is 17.9 Å². The van der Waals surface area contributed by atoms with Crippen LogP contribution in [0.4, 0.5) is 0 Å². The highest BCUT2D eigenvalue weighted by Gasteiger charge is 2.45. The number of ether oxygens (including phenoxy) is 2. The Hall–Kier alpha value is -1.15. The van der Waals surface area contributed by atoms with Gasteiger partial charge < -0.3 is 9.47 Å². The first-order valence-corrected chi connectivity index (χ1v) is 8.25. The van der Waals surface area contributed by atoms with E-state index in [-0.39, 0.29) is 15.9 Å². The largest absolute Gasteiger partial charge is 0.460 e. The van der Waals surface area contributed by atoms with Gasteiger partial charge in [0.25, 0.3) is 0 Å². The van der Waals surface area contributed by atoms with Crippen LogP contribution in [0.2, 0.25) is 5.02 Å². The summed E-state index contributed by atoms with van der Waals surface area (Å²) in [5, 5.41) is 0.269. The molecule has 0 saturated heterocycles. The predicted molar refractivity (Wildman–Crippen MR) is 85.2 cm³/mol. The summed E-state index contributed by atoms with van der Waals surface area (Å²) in [5.74, 6) is 0.177. The number of rotatable bonds is 2. The van der Waals surface area contributed by atoms with E-state index in [0.29, 0.717) is 10.6 Å². The predicted octanol–water partition coefficient (Wildman–Crippen LogP) is 2.67. The highest BCUT2D eigenvalue weighted by Crippen LogP contribution is 2.39. The van der Waals surface area contributed by atoms with E-state index in [1.165, 1.54) is 7.11 Å². The number of benzene rings is 1. The van der Waals surface area contributed by atoms with Crippen LogP contribution in [-0.2, 0) is 19.5 Å². The summed E-state index contributed by atoms with van der Waals surface area (Å²) in [6.07, 6.45) is 0. The zero-order chi connectivity index (χ0) is 15.8. The quantitative estimate of drug-likeness (QED) is 0.833. The molecule has 8 heteroatoms. The van der Waals surface area contributed by atoms with Gasteiger partial charge in [0, 0.05) is 17.2 Å². The number of hydrogen-bond acceptors (Lipinski definition) is 5. The lowest BCUT2D eigenvalue weighted by atomic mass is 10.0. The van der Waals surface area contributed by atoms with Crippen LogP contribution in [0.3, 0.4) is 0 Å². The zero-order valence-electron chi connectivity index (χ0n) is 11.6. The molecular weight excluding hydrogens is 334 g/mol. The van der Waals surface area contributed by atoms with Crippen molar-refractivity contribution in [1.29, 1.82) is 0 Å². The van der Waals surface area contributed by atoms with E-state index in [4.69, 9.17) is 33.3 Å². The van der Waals surface area contributed by atoms with E-state index >= 15 is 0 Å². The molecule has 0 unspecified atom stereocenters. The van der Waals surface area contributed by atoms with E-state index in [1.807, 2.05) is 0 Å².